The molecule has 2 aliphatic heterocycles. The predicted molar refractivity (Wildman–Crippen MR) is 200 cm³/mol. The van der Waals surface area contributed by atoms with E-state index in [-0.39, 0.29) is 48.3 Å². The number of hydrogen-bond acceptors (Lipinski definition) is 8. The van der Waals surface area contributed by atoms with Gasteiger partial charge in [-0.1, -0.05) is 38.1 Å². The molecule has 3 heterocycles. The molecule has 0 radical (unpaired) electrons. The highest BCUT2D eigenvalue weighted by Gasteiger charge is 2.54. The summed E-state index contributed by atoms with van der Waals surface area (Å²) in [4.78, 5) is 41.1. The second-order valence-corrected chi connectivity index (χ2v) is 17.5. The molecule has 1 aromatic heterocycles. The topological polar surface area (TPSA) is 96.9 Å². The maximum atomic E-state index is 14.7. The van der Waals surface area contributed by atoms with Crippen molar-refractivity contribution >= 4 is 29.9 Å². The van der Waals surface area contributed by atoms with Gasteiger partial charge in [-0.3, -0.25) is 9.52 Å². The van der Waals surface area contributed by atoms with Crippen molar-refractivity contribution in [2.24, 2.45) is 10.8 Å². The number of carbonyl (C=O) groups excluding carboxylic acids is 2. The van der Waals surface area contributed by atoms with Crippen LogP contribution < -0.4 is 9.46 Å². The molecule has 3 aliphatic rings. The number of carbonyl (C=O) groups is 2. The number of fused-ring (bicyclic) bond motifs is 4. The molecule has 2 fully saturated rings. The Morgan fingerprint density at radius 1 is 1.00 bits per heavy atom. The van der Waals surface area contributed by atoms with Crippen molar-refractivity contribution in [3.05, 3.63) is 64.7 Å². The van der Waals surface area contributed by atoms with Gasteiger partial charge >= 0.3 is 12.3 Å². The lowest BCUT2D eigenvalue weighted by Gasteiger charge is -2.56. The average Bonchev–Trinajstić information content (AvgIpc) is 3.05. The van der Waals surface area contributed by atoms with Crippen molar-refractivity contribution in [3.63, 3.8) is 0 Å². The first-order chi connectivity index (χ1) is 24.8. The first kappa shape index (κ1) is 38.7. The Morgan fingerprint density at radius 2 is 1.64 bits per heavy atom. The highest BCUT2D eigenvalue weighted by atomic mass is 32.2. The van der Waals surface area contributed by atoms with Crippen LogP contribution in [0.2, 0.25) is 0 Å². The third kappa shape index (κ3) is 8.24. The molecule has 2 aromatic carbocycles. The van der Waals surface area contributed by atoms with Crippen LogP contribution in [0, 0.1) is 31.6 Å². The van der Waals surface area contributed by atoms with E-state index in [4.69, 9.17) is 19.4 Å². The van der Waals surface area contributed by atoms with Gasteiger partial charge in [0, 0.05) is 40.7 Å². The largest absolute Gasteiger partial charge is 0.475 e. The molecule has 1 saturated carbocycles. The highest BCUT2D eigenvalue weighted by molar-refractivity contribution is 8.00. The number of aromatic nitrogens is 2. The van der Waals surface area contributed by atoms with E-state index in [9.17, 15) is 22.8 Å². The van der Waals surface area contributed by atoms with Crippen LogP contribution >= 0.6 is 11.9 Å². The number of benzene rings is 2. The van der Waals surface area contributed by atoms with Gasteiger partial charge in [-0.15, -0.1) is 0 Å². The van der Waals surface area contributed by atoms with Gasteiger partial charge in [0.2, 0.25) is 11.8 Å². The van der Waals surface area contributed by atoms with Gasteiger partial charge in [0.05, 0.1) is 17.2 Å². The Bertz CT molecular complexity index is 1840. The fourth-order valence-electron chi connectivity index (χ4n) is 7.84. The van der Waals surface area contributed by atoms with E-state index in [0.29, 0.717) is 42.8 Å². The van der Waals surface area contributed by atoms with Gasteiger partial charge in [0.25, 0.3) is 5.91 Å². The van der Waals surface area contributed by atoms with Crippen LogP contribution in [0.1, 0.15) is 93.8 Å². The second kappa shape index (κ2) is 14.3. The maximum Gasteiger partial charge on any atom is 0.410 e. The summed E-state index contributed by atoms with van der Waals surface area (Å²) < 4.78 is 59.1. The van der Waals surface area contributed by atoms with E-state index in [0.717, 1.165) is 34.4 Å². The molecule has 6 rings (SSSR count). The van der Waals surface area contributed by atoms with E-state index in [1.807, 2.05) is 65.8 Å². The summed E-state index contributed by atoms with van der Waals surface area (Å²) in [6.45, 7) is 14.6. The fraction of sp³-hybridized carbons (Fsp3) is 0.550. The van der Waals surface area contributed by atoms with Crippen molar-refractivity contribution in [1.82, 2.24) is 19.8 Å². The van der Waals surface area contributed by atoms with Crippen LogP contribution in [-0.4, -0.2) is 75.3 Å². The third-order valence-corrected chi connectivity index (χ3v) is 11.7. The standard InChI is InChI=1S/C40H50F3N5O4S/c1-24-11-9-12-25(2)31(24)32-26(3)33-45-35(44-32)46-53-30-14-10-13-27(19-30)34(49)48(29(23-51-33)20-38(7,8)40(41,42)43)28-21-39(22-28)15-17-47(18-16-39)36(50)52-37(4,5)6/h9-14,19,28-29H,15-18,20-23H2,1-8H3,(H,44,45,46)/t29-/m1/s1. The summed E-state index contributed by atoms with van der Waals surface area (Å²) in [5, 5.41) is 0. The summed E-state index contributed by atoms with van der Waals surface area (Å²) in [6.07, 6.45) is -2.55. The third-order valence-electron chi connectivity index (χ3n) is 10.9. The van der Waals surface area contributed by atoms with E-state index in [1.54, 1.807) is 28.0 Å². The van der Waals surface area contributed by atoms with Crippen molar-refractivity contribution < 1.29 is 32.2 Å². The summed E-state index contributed by atoms with van der Waals surface area (Å²) in [5.41, 5.74) is 1.80. The first-order valence-corrected chi connectivity index (χ1v) is 19.1. The van der Waals surface area contributed by atoms with Crippen LogP contribution in [0.15, 0.2) is 47.4 Å². The molecule has 286 valence electrons. The van der Waals surface area contributed by atoms with Crippen LogP contribution in [0.25, 0.3) is 11.3 Å². The van der Waals surface area contributed by atoms with Gasteiger partial charge in [0.15, 0.2) is 0 Å². The molecule has 2 amide bonds. The Hall–Kier alpha value is -4.00. The summed E-state index contributed by atoms with van der Waals surface area (Å²) in [5.74, 6) is 0.190. The number of hydrogen-bond donors (Lipinski definition) is 1. The minimum absolute atomic E-state index is 0.129. The zero-order valence-electron chi connectivity index (χ0n) is 31.8. The molecule has 1 N–H and O–H groups in total. The molecule has 9 nitrogen and oxygen atoms in total. The normalized spacial score (nSPS) is 19.7. The number of aryl methyl sites for hydroxylation is 2. The number of rotatable bonds is 4. The van der Waals surface area contributed by atoms with E-state index in [1.165, 1.54) is 25.8 Å². The SMILES string of the molecule is Cc1cccc(C)c1-c1nc2nc(c1C)OC[C@@H](CC(C)(C)C(F)(F)F)N(C1CC3(CCN(C(=O)OC(C)(C)C)CC3)C1)C(=O)c1cccc(c1)SN2. The molecular weight excluding hydrogens is 704 g/mol. The lowest BCUT2D eigenvalue weighted by atomic mass is 9.59. The number of likely N-dealkylation sites (tertiary alicyclic amines) is 1. The lowest BCUT2D eigenvalue weighted by molar-refractivity contribution is -0.219. The zero-order chi connectivity index (χ0) is 38.5. The number of anilines is 1. The van der Waals surface area contributed by atoms with Crippen molar-refractivity contribution in [3.8, 4) is 17.1 Å². The molecule has 4 bridgehead atoms. The van der Waals surface area contributed by atoms with Crippen molar-refractivity contribution in [2.75, 3.05) is 24.4 Å². The quantitative estimate of drug-likeness (QED) is 0.263. The predicted octanol–water partition coefficient (Wildman–Crippen LogP) is 9.55. The molecular formula is C40H50F3N5O4S. The van der Waals surface area contributed by atoms with Crippen LogP contribution in [0.4, 0.5) is 23.9 Å². The van der Waals surface area contributed by atoms with Gasteiger partial charge in [-0.2, -0.15) is 18.2 Å². The molecule has 1 aliphatic carbocycles. The van der Waals surface area contributed by atoms with Crippen molar-refractivity contribution in [2.45, 2.75) is 116 Å². The molecule has 1 saturated heterocycles. The number of nitrogens with zero attached hydrogens (tertiary/aromatic N) is 4. The van der Waals surface area contributed by atoms with E-state index >= 15 is 0 Å². The number of nitrogens with one attached hydrogen (secondary N) is 1. The summed E-state index contributed by atoms with van der Waals surface area (Å²) >= 11 is 1.25. The number of piperidine rings is 1. The molecule has 3 aromatic rings. The second-order valence-electron chi connectivity index (χ2n) is 16.6. The molecule has 1 spiro atoms. The molecule has 53 heavy (non-hydrogen) atoms. The smallest absolute Gasteiger partial charge is 0.410 e. The van der Waals surface area contributed by atoms with Crippen molar-refractivity contribution in [1.29, 1.82) is 0 Å². The monoisotopic (exact) mass is 753 g/mol. The first-order valence-electron chi connectivity index (χ1n) is 18.2. The number of halogens is 3. The van der Waals surface area contributed by atoms with Crippen LogP contribution in [0.3, 0.4) is 0 Å². The minimum Gasteiger partial charge on any atom is -0.475 e. The van der Waals surface area contributed by atoms with E-state index < -0.39 is 23.2 Å². The molecule has 1 atom stereocenters. The number of amides is 2. The Labute approximate surface area is 314 Å². The number of ether oxygens (including phenoxy) is 2. The maximum absolute atomic E-state index is 14.7. The summed E-state index contributed by atoms with van der Waals surface area (Å²) in [6, 6.07) is 11.8. The van der Waals surface area contributed by atoms with Gasteiger partial charge in [-0.05, 0) is 120 Å². The fourth-order valence-corrected chi connectivity index (χ4v) is 8.48. The minimum atomic E-state index is -4.52. The van der Waals surface area contributed by atoms with Crippen LogP contribution in [-0.2, 0) is 4.74 Å². The Kier molecular flexibility index (Phi) is 10.5. The highest BCUT2D eigenvalue weighted by Crippen LogP contribution is 2.53. The van der Waals surface area contributed by atoms with E-state index in [2.05, 4.69) is 4.72 Å². The Morgan fingerprint density at radius 3 is 2.26 bits per heavy atom. The lowest BCUT2D eigenvalue weighted by Crippen LogP contribution is -2.61. The zero-order valence-corrected chi connectivity index (χ0v) is 32.6. The molecule has 13 heteroatoms. The summed E-state index contributed by atoms with van der Waals surface area (Å²) in [7, 11) is 0. The Balaban J connectivity index is 1.37. The van der Waals surface area contributed by atoms with Crippen LogP contribution in [0.5, 0.6) is 5.88 Å². The number of alkyl halides is 3. The van der Waals surface area contributed by atoms with Gasteiger partial charge in [0.1, 0.15) is 12.2 Å². The van der Waals surface area contributed by atoms with Gasteiger partial charge < -0.3 is 19.3 Å². The molecule has 0 unspecified atom stereocenters. The average molecular weight is 754 g/mol. The van der Waals surface area contributed by atoms with Gasteiger partial charge in [-0.25, -0.2) is 9.78 Å².